The molecule has 0 aromatic heterocycles. The molecule has 2 aliphatic rings. The lowest BCUT2D eigenvalue weighted by Gasteiger charge is -2.31. The van der Waals surface area contributed by atoms with E-state index in [-0.39, 0.29) is 16.6 Å². The number of nitrogens with zero attached hydrogens (tertiary/aromatic N) is 2. The van der Waals surface area contributed by atoms with E-state index in [2.05, 4.69) is 35.7 Å². The highest BCUT2D eigenvalue weighted by Crippen LogP contribution is 2.32. The Labute approximate surface area is 187 Å². The van der Waals surface area contributed by atoms with Gasteiger partial charge in [0.1, 0.15) is 4.90 Å². The maximum atomic E-state index is 13.3. The van der Waals surface area contributed by atoms with Crippen LogP contribution in [0.25, 0.3) is 0 Å². The maximum absolute atomic E-state index is 13.3. The molecule has 2 heterocycles. The Balaban J connectivity index is 1.40. The molecule has 0 radical (unpaired) electrons. The summed E-state index contributed by atoms with van der Waals surface area (Å²) >= 11 is 0. The van der Waals surface area contributed by atoms with Crippen LogP contribution in [0.2, 0.25) is 0 Å². The molecule has 0 fully saturated rings. The molecule has 3 aromatic carbocycles. The van der Waals surface area contributed by atoms with Crippen LogP contribution in [-0.2, 0) is 16.4 Å². The van der Waals surface area contributed by atoms with Crippen molar-refractivity contribution in [1.82, 2.24) is 0 Å². The molecule has 2 aliphatic heterocycles. The summed E-state index contributed by atoms with van der Waals surface area (Å²) in [6, 6.07) is 18.0. The smallest absolute Gasteiger partial charge is 0.285 e. The highest BCUT2D eigenvalue weighted by atomic mass is 32.2. The first-order valence-corrected chi connectivity index (χ1v) is 12.0. The average Bonchev–Trinajstić information content (AvgIpc) is 3.03. The van der Waals surface area contributed by atoms with E-state index in [1.165, 1.54) is 11.1 Å². The third kappa shape index (κ3) is 3.48. The second-order valence-corrected chi connectivity index (χ2v) is 9.83. The summed E-state index contributed by atoms with van der Waals surface area (Å²) in [5.74, 6) is 0.254. The van der Waals surface area contributed by atoms with Gasteiger partial charge < -0.3 is 10.2 Å². The van der Waals surface area contributed by atoms with Gasteiger partial charge in [0.2, 0.25) is 0 Å². The Bertz CT molecular complexity index is 1380. The lowest BCUT2D eigenvalue weighted by atomic mass is 9.94. The number of hydrogen-bond acceptors (Lipinski definition) is 4. The van der Waals surface area contributed by atoms with Crippen LogP contribution in [0, 0.1) is 13.8 Å². The molecule has 0 spiro atoms. The summed E-state index contributed by atoms with van der Waals surface area (Å²) < 4.78 is 28.3. The molecule has 5 rings (SSSR count). The van der Waals surface area contributed by atoms with Crippen molar-refractivity contribution in [2.24, 2.45) is 4.40 Å². The fourth-order valence-electron chi connectivity index (χ4n) is 4.47. The van der Waals surface area contributed by atoms with Gasteiger partial charge in [-0.1, -0.05) is 18.2 Å². The van der Waals surface area contributed by atoms with Crippen LogP contribution in [0.15, 0.2) is 70.0 Å². The van der Waals surface area contributed by atoms with Crippen molar-refractivity contribution in [3.05, 3.63) is 88.5 Å². The van der Waals surface area contributed by atoms with E-state index in [0.717, 1.165) is 24.1 Å². The number of sulfonamides is 1. The van der Waals surface area contributed by atoms with E-state index in [0.29, 0.717) is 23.4 Å². The largest absolute Gasteiger partial charge is 0.339 e. The molecule has 0 bridgehead atoms. The van der Waals surface area contributed by atoms with Crippen LogP contribution in [0.3, 0.4) is 0 Å². The van der Waals surface area contributed by atoms with Crippen molar-refractivity contribution in [1.29, 1.82) is 0 Å². The minimum absolute atomic E-state index is 0.0337. The topological polar surface area (TPSA) is 78.8 Å². The van der Waals surface area contributed by atoms with Gasteiger partial charge >= 0.3 is 0 Å². The molecular weight excluding hydrogens is 422 g/mol. The van der Waals surface area contributed by atoms with Crippen molar-refractivity contribution in [3.8, 4) is 0 Å². The Morgan fingerprint density at radius 2 is 1.78 bits per heavy atom. The number of hydrogen-bond donors (Lipinski definition) is 1. The number of benzene rings is 3. The van der Waals surface area contributed by atoms with Gasteiger partial charge in [0.25, 0.3) is 15.9 Å². The zero-order chi connectivity index (χ0) is 22.5. The second-order valence-electron chi connectivity index (χ2n) is 8.25. The van der Waals surface area contributed by atoms with Crippen molar-refractivity contribution >= 4 is 33.1 Å². The fourth-order valence-corrected chi connectivity index (χ4v) is 5.65. The standard InChI is InChI=1S/C25H23N3O3S/c1-16-14-17(2)20-7-5-13-28(22(20)15-16)25(29)18-9-11-19(12-10-18)26-24-21-6-3-4-8-23(21)32(30,31)27-24/h3-4,6,8-12,14-15H,5,7,13H2,1-2H3,(H,26,27). The summed E-state index contributed by atoms with van der Waals surface area (Å²) in [4.78, 5) is 15.4. The highest BCUT2D eigenvalue weighted by molar-refractivity contribution is 7.90. The van der Waals surface area contributed by atoms with Crippen molar-refractivity contribution in [3.63, 3.8) is 0 Å². The molecule has 0 saturated carbocycles. The van der Waals surface area contributed by atoms with Crippen molar-refractivity contribution in [2.75, 3.05) is 16.8 Å². The number of rotatable bonds is 2. The SMILES string of the molecule is Cc1cc(C)c2c(c1)N(C(=O)c1ccc(NC3=NS(=O)(=O)c4ccccc43)cc1)CCC2. The van der Waals surface area contributed by atoms with E-state index in [4.69, 9.17) is 0 Å². The van der Waals surface area contributed by atoms with E-state index in [9.17, 15) is 13.2 Å². The number of nitrogens with one attached hydrogen (secondary N) is 1. The Morgan fingerprint density at radius 3 is 2.56 bits per heavy atom. The van der Waals surface area contributed by atoms with Crippen LogP contribution in [0.5, 0.6) is 0 Å². The Hall–Kier alpha value is -3.45. The van der Waals surface area contributed by atoms with Gasteiger partial charge in [-0.25, -0.2) is 0 Å². The molecule has 0 saturated heterocycles. The summed E-state index contributed by atoms with van der Waals surface area (Å²) in [7, 11) is -3.68. The molecular formula is C25H23N3O3S. The van der Waals surface area contributed by atoms with E-state index in [1.807, 2.05) is 4.90 Å². The number of fused-ring (bicyclic) bond motifs is 2. The van der Waals surface area contributed by atoms with Crippen LogP contribution < -0.4 is 10.2 Å². The maximum Gasteiger partial charge on any atom is 0.285 e. The molecule has 1 amide bonds. The van der Waals surface area contributed by atoms with Gasteiger partial charge in [0.15, 0.2) is 5.84 Å². The molecule has 6 nitrogen and oxygen atoms in total. The number of amidine groups is 1. The zero-order valence-corrected chi connectivity index (χ0v) is 18.7. The summed E-state index contributed by atoms with van der Waals surface area (Å²) in [6.07, 6.45) is 1.93. The third-order valence-corrected chi connectivity index (χ3v) is 7.30. The zero-order valence-electron chi connectivity index (χ0n) is 17.9. The van der Waals surface area contributed by atoms with Gasteiger partial charge in [-0.3, -0.25) is 4.79 Å². The lowest BCUT2D eigenvalue weighted by molar-refractivity contribution is 0.0985. The van der Waals surface area contributed by atoms with Crippen LogP contribution in [0.4, 0.5) is 11.4 Å². The van der Waals surface area contributed by atoms with E-state index in [1.54, 1.807) is 48.5 Å². The van der Waals surface area contributed by atoms with Crippen LogP contribution in [0.1, 0.15) is 39.0 Å². The van der Waals surface area contributed by atoms with E-state index >= 15 is 0 Å². The number of carbonyl (C=O) groups excluding carboxylic acids is 1. The summed E-state index contributed by atoms with van der Waals surface area (Å²) in [5, 5.41) is 3.07. The minimum Gasteiger partial charge on any atom is -0.339 e. The van der Waals surface area contributed by atoms with Crippen LogP contribution in [-0.4, -0.2) is 26.7 Å². The van der Waals surface area contributed by atoms with Crippen LogP contribution >= 0.6 is 0 Å². The monoisotopic (exact) mass is 445 g/mol. The third-order valence-electron chi connectivity index (χ3n) is 5.96. The first-order valence-electron chi connectivity index (χ1n) is 10.6. The number of anilines is 2. The minimum atomic E-state index is -3.68. The van der Waals surface area contributed by atoms with Crippen molar-refractivity contribution in [2.45, 2.75) is 31.6 Å². The first-order chi connectivity index (χ1) is 15.3. The number of aryl methyl sites for hydroxylation is 2. The summed E-state index contributed by atoms with van der Waals surface area (Å²) in [6.45, 7) is 4.85. The van der Waals surface area contributed by atoms with Crippen molar-refractivity contribution < 1.29 is 13.2 Å². The Morgan fingerprint density at radius 1 is 1.03 bits per heavy atom. The first kappa shape index (κ1) is 20.5. The predicted molar refractivity (Wildman–Crippen MR) is 126 cm³/mol. The van der Waals surface area contributed by atoms with Gasteiger partial charge in [-0.05, 0) is 85.8 Å². The second kappa shape index (κ2) is 7.60. The molecule has 1 N–H and O–H groups in total. The molecule has 3 aromatic rings. The van der Waals surface area contributed by atoms with Gasteiger partial charge in [-0.2, -0.15) is 8.42 Å². The normalized spacial score (nSPS) is 16.2. The number of amides is 1. The Kier molecular flexibility index (Phi) is 4.86. The molecule has 0 aliphatic carbocycles. The lowest BCUT2D eigenvalue weighted by Crippen LogP contribution is -2.35. The predicted octanol–water partition coefficient (Wildman–Crippen LogP) is 4.46. The quantitative estimate of drug-likeness (QED) is 0.632. The molecule has 0 unspecified atom stereocenters. The van der Waals surface area contributed by atoms with Gasteiger partial charge in [0, 0.05) is 29.0 Å². The number of carbonyl (C=O) groups is 1. The molecule has 0 atom stereocenters. The summed E-state index contributed by atoms with van der Waals surface area (Å²) in [5.41, 5.74) is 6.42. The molecule has 7 heteroatoms. The highest BCUT2D eigenvalue weighted by Gasteiger charge is 2.29. The molecule has 32 heavy (non-hydrogen) atoms. The van der Waals surface area contributed by atoms with Gasteiger partial charge in [0.05, 0.1) is 0 Å². The fraction of sp³-hybridized carbons (Fsp3) is 0.200. The van der Waals surface area contributed by atoms with Gasteiger partial charge in [-0.15, -0.1) is 4.40 Å². The molecule has 162 valence electrons. The average molecular weight is 446 g/mol. The van der Waals surface area contributed by atoms with E-state index < -0.39 is 10.0 Å².